The van der Waals surface area contributed by atoms with Gasteiger partial charge < -0.3 is 44.7 Å². The number of aliphatic hydroxyl groups is 3. The topological polar surface area (TPSA) is 218 Å². The standard InChI is InChI=1S/C30H40N2O13/c1-30(2,3)29(41)44-16-17-4-5-20(45-21-15-18(28(39)40)25(36)27(38)26(21)37)19(14-17)31-22(33)8-10-42-12-13-43-11-9-32-23(34)6-7-24(32)35/h4-7,14,18,21,25-27,36-38H,8-13,15-16H2,1-3H3,(H,31,33)(H,39,40)/t18-,21?,25+,26-,27-/m0/s1. The highest BCUT2D eigenvalue weighted by molar-refractivity contribution is 6.12. The van der Waals surface area contributed by atoms with E-state index in [1.807, 2.05) is 0 Å². The monoisotopic (exact) mass is 636 g/mol. The minimum atomic E-state index is -1.78. The Morgan fingerprint density at radius 3 is 2.20 bits per heavy atom. The number of nitrogens with zero attached hydrogens (tertiary/aromatic N) is 1. The third kappa shape index (κ3) is 10.1. The third-order valence-electron chi connectivity index (χ3n) is 7.08. The second kappa shape index (κ2) is 15.9. The Bertz CT molecular complexity index is 1260. The van der Waals surface area contributed by atoms with E-state index < -0.39 is 65.4 Å². The molecular formula is C30H40N2O13. The molecule has 0 aromatic heterocycles. The number of amides is 3. The summed E-state index contributed by atoms with van der Waals surface area (Å²) >= 11 is 0. The number of aliphatic carboxylic acids is 1. The number of hydrogen-bond donors (Lipinski definition) is 5. The second-order valence-corrected chi connectivity index (χ2v) is 11.6. The number of imide groups is 1. The summed E-state index contributed by atoms with van der Waals surface area (Å²) in [6, 6.07) is 4.51. The van der Waals surface area contributed by atoms with E-state index in [4.69, 9.17) is 18.9 Å². The number of carbonyl (C=O) groups excluding carboxylic acids is 4. The number of esters is 1. The third-order valence-corrected chi connectivity index (χ3v) is 7.08. The molecule has 0 bridgehead atoms. The van der Waals surface area contributed by atoms with Crippen LogP contribution in [-0.4, -0.2) is 112 Å². The maximum absolute atomic E-state index is 12.8. The molecule has 2 aliphatic rings. The van der Waals surface area contributed by atoms with E-state index in [2.05, 4.69) is 5.32 Å². The van der Waals surface area contributed by atoms with Gasteiger partial charge in [0.05, 0.1) is 62.5 Å². The lowest BCUT2D eigenvalue weighted by Crippen LogP contribution is -2.57. The summed E-state index contributed by atoms with van der Waals surface area (Å²) in [6.07, 6.45) is -4.34. The van der Waals surface area contributed by atoms with Gasteiger partial charge >= 0.3 is 11.9 Å². The lowest BCUT2D eigenvalue weighted by molar-refractivity contribution is -0.174. The number of rotatable bonds is 15. The molecule has 5 N–H and O–H groups in total. The number of anilines is 1. The van der Waals surface area contributed by atoms with E-state index in [9.17, 15) is 44.4 Å². The highest BCUT2D eigenvalue weighted by Crippen LogP contribution is 2.33. The first-order chi connectivity index (χ1) is 21.2. The highest BCUT2D eigenvalue weighted by Gasteiger charge is 2.47. The van der Waals surface area contributed by atoms with Crippen molar-refractivity contribution in [2.45, 2.75) is 64.6 Å². The molecule has 0 saturated heterocycles. The minimum absolute atomic E-state index is 0.0208. The smallest absolute Gasteiger partial charge is 0.311 e. The van der Waals surface area contributed by atoms with Crippen LogP contribution >= 0.6 is 0 Å². The Hall–Kier alpha value is -3.89. The molecule has 1 aliphatic heterocycles. The second-order valence-electron chi connectivity index (χ2n) is 11.6. The van der Waals surface area contributed by atoms with Gasteiger partial charge in [-0.15, -0.1) is 0 Å². The maximum atomic E-state index is 12.8. The molecule has 1 saturated carbocycles. The summed E-state index contributed by atoms with van der Waals surface area (Å²) in [5.74, 6) is -4.44. The Balaban J connectivity index is 1.57. The summed E-state index contributed by atoms with van der Waals surface area (Å²) < 4.78 is 22.0. The first kappa shape index (κ1) is 35.6. The van der Waals surface area contributed by atoms with Crippen LogP contribution in [-0.2, 0) is 44.8 Å². The van der Waals surface area contributed by atoms with E-state index in [-0.39, 0.29) is 63.9 Å². The first-order valence-corrected chi connectivity index (χ1v) is 14.4. The average Bonchev–Trinajstić information content (AvgIpc) is 3.29. The van der Waals surface area contributed by atoms with Crippen LogP contribution in [0.4, 0.5) is 5.69 Å². The molecule has 1 aromatic rings. The van der Waals surface area contributed by atoms with E-state index in [0.717, 1.165) is 4.90 Å². The van der Waals surface area contributed by atoms with Crippen molar-refractivity contribution in [3.05, 3.63) is 35.9 Å². The molecule has 15 heteroatoms. The molecule has 1 heterocycles. The lowest BCUT2D eigenvalue weighted by atomic mass is 9.80. The maximum Gasteiger partial charge on any atom is 0.311 e. The van der Waals surface area contributed by atoms with Crippen molar-refractivity contribution in [1.82, 2.24) is 4.90 Å². The van der Waals surface area contributed by atoms with E-state index >= 15 is 0 Å². The molecule has 3 rings (SSSR count). The van der Waals surface area contributed by atoms with Gasteiger partial charge in [-0.25, -0.2) is 0 Å². The van der Waals surface area contributed by atoms with Crippen LogP contribution in [0.15, 0.2) is 30.4 Å². The Morgan fingerprint density at radius 2 is 1.58 bits per heavy atom. The normalized spacial score (nSPS) is 23.2. The number of carbonyl (C=O) groups is 5. The van der Waals surface area contributed by atoms with Crippen LogP contribution in [0.3, 0.4) is 0 Å². The summed E-state index contributed by atoms with van der Waals surface area (Å²) in [6.45, 7) is 5.57. The zero-order chi connectivity index (χ0) is 33.3. The lowest BCUT2D eigenvalue weighted by Gasteiger charge is -2.38. The van der Waals surface area contributed by atoms with E-state index in [1.165, 1.54) is 24.3 Å². The van der Waals surface area contributed by atoms with Crippen LogP contribution in [0.2, 0.25) is 0 Å². The van der Waals surface area contributed by atoms with Gasteiger partial charge in [0.25, 0.3) is 11.8 Å². The number of aliphatic hydroxyl groups excluding tert-OH is 3. The molecule has 15 nitrogen and oxygen atoms in total. The largest absolute Gasteiger partial charge is 0.485 e. The molecular weight excluding hydrogens is 596 g/mol. The molecule has 1 aromatic carbocycles. The van der Waals surface area contributed by atoms with Gasteiger partial charge in [0.2, 0.25) is 5.91 Å². The van der Waals surface area contributed by atoms with Crippen LogP contribution in [0.1, 0.15) is 39.2 Å². The van der Waals surface area contributed by atoms with Gasteiger partial charge in [-0.1, -0.05) is 6.07 Å². The number of hydrogen-bond acceptors (Lipinski definition) is 12. The van der Waals surface area contributed by atoms with Crippen molar-refractivity contribution in [2.75, 3.05) is 38.3 Å². The van der Waals surface area contributed by atoms with Gasteiger partial charge in [0, 0.05) is 18.6 Å². The summed E-state index contributed by atoms with van der Waals surface area (Å²) in [4.78, 5) is 60.7. The fourth-order valence-corrected chi connectivity index (χ4v) is 4.46. The quantitative estimate of drug-likeness (QED) is 0.0974. The Labute approximate surface area is 259 Å². The van der Waals surface area contributed by atoms with E-state index in [1.54, 1.807) is 26.8 Å². The van der Waals surface area contributed by atoms with Crippen LogP contribution in [0, 0.1) is 11.3 Å². The average molecular weight is 637 g/mol. The summed E-state index contributed by atoms with van der Waals surface area (Å²) in [7, 11) is 0. The summed E-state index contributed by atoms with van der Waals surface area (Å²) in [5.41, 5.74) is -0.106. The van der Waals surface area contributed by atoms with Gasteiger partial charge in [-0.3, -0.25) is 28.9 Å². The molecule has 248 valence electrons. The SMILES string of the molecule is CC(C)(C)C(=O)OCc1ccc(OC2C[C@H](C(=O)O)[C@@H](O)[C@H](O)[C@H]2O)c(NC(=O)CCOCCOCCN2C(=O)C=CC2=O)c1. The number of benzene rings is 1. The molecule has 1 unspecified atom stereocenters. The van der Waals surface area contributed by atoms with Crippen molar-refractivity contribution in [3.63, 3.8) is 0 Å². The van der Waals surface area contributed by atoms with Crippen LogP contribution < -0.4 is 10.1 Å². The van der Waals surface area contributed by atoms with E-state index in [0.29, 0.717) is 5.56 Å². The van der Waals surface area contributed by atoms with Gasteiger partial charge in [-0.2, -0.15) is 0 Å². The predicted octanol–water partition coefficient (Wildman–Crippen LogP) is -0.00270. The molecule has 0 spiro atoms. The van der Waals surface area contributed by atoms with Gasteiger partial charge in [0.15, 0.2) is 0 Å². The Morgan fingerprint density at radius 1 is 0.933 bits per heavy atom. The number of carboxylic acid groups (broad SMARTS) is 1. The number of ether oxygens (including phenoxy) is 4. The van der Waals surface area contributed by atoms with Crippen molar-refractivity contribution < 1.29 is 63.3 Å². The molecule has 3 amide bonds. The fraction of sp³-hybridized carbons (Fsp3) is 0.567. The van der Waals surface area contributed by atoms with Crippen LogP contribution in [0.5, 0.6) is 5.75 Å². The minimum Gasteiger partial charge on any atom is -0.485 e. The summed E-state index contributed by atoms with van der Waals surface area (Å²) in [5, 5.41) is 42.9. The first-order valence-electron chi connectivity index (χ1n) is 14.4. The number of nitrogens with one attached hydrogen (secondary N) is 1. The van der Waals surface area contributed by atoms with Gasteiger partial charge in [-0.05, 0) is 38.5 Å². The molecule has 1 fully saturated rings. The molecule has 45 heavy (non-hydrogen) atoms. The van der Waals surface area contributed by atoms with Crippen molar-refractivity contribution in [2.24, 2.45) is 11.3 Å². The Kier molecular flexibility index (Phi) is 12.6. The zero-order valence-corrected chi connectivity index (χ0v) is 25.3. The molecule has 1 aliphatic carbocycles. The van der Waals surface area contributed by atoms with Crippen molar-refractivity contribution in [3.8, 4) is 5.75 Å². The van der Waals surface area contributed by atoms with Gasteiger partial charge in [0.1, 0.15) is 30.7 Å². The van der Waals surface area contributed by atoms with Crippen molar-refractivity contribution >= 4 is 35.3 Å². The molecule has 0 radical (unpaired) electrons. The van der Waals surface area contributed by atoms with Crippen molar-refractivity contribution in [1.29, 1.82) is 0 Å². The zero-order valence-electron chi connectivity index (χ0n) is 25.3. The molecule has 5 atom stereocenters. The predicted molar refractivity (Wildman–Crippen MR) is 155 cm³/mol. The fourth-order valence-electron chi connectivity index (χ4n) is 4.46. The highest BCUT2D eigenvalue weighted by atomic mass is 16.5. The number of carboxylic acids is 1. The van der Waals surface area contributed by atoms with Crippen LogP contribution in [0.25, 0.3) is 0 Å².